The van der Waals surface area contributed by atoms with E-state index in [0.29, 0.717) is 6.61 Å². The van der Waals surface area contributed by atoms with Gasteiger partial charge in [0, 0.05) is 6.54 Å². The number of unbranched alkanes of at least 4 members (excludes halogenated alkanes) is 1. The van der Waals surface area contributed by atoms with E-state index in [0.717, 1.165) is 37.8 Å². The number of amides is 1. The molecule has 0 N–H and O–H groups in total. The largest absolute Gasteiger partial charge is 0.445 e. The molecular formula is C18H25NO2. The number of carbonyl (C=O) groups is 1. The van der Waals surface area contributed by atoms with Gasteiger partial charge in [0.2, 0.25) is 0 Å². The number of likely N-dealkylation sites (tertiary alicyclic amines) is 1. The molecule has 114 valence electrons. The molecule has 21 heavy (non-hydrogen) atoms. The Morgan fingerprint density at radius 3 is 2.90 bits per heavy atom. The second-order valence-electron chi connectivity index (χ2n) is 5.51. The number of rotatable bonds is 5. The van der Waals surface area contributed by atoms with Crippen molar-refractivity contribution in [1.82, 2.24) is 4.90 Å². The van der Waals surface area contributed by atoms with E-state index in [-0.39, 0.29) is 12.1 Å². The van der Waals surface area contributed by atoms with Crippen LogP contribution in [0.3, 0.4) is 0 Å². The molecule has 1 aromatic rings. The van der Waals surface area contributed by atoms with Crippen molar-refractivity contribution in [3.05, 3.63) is 48.0 Å². The van der Waals surface area contributed by atoms with Crippen molar-refractivity contribution in [1.29, 1.82) is 0 Å². The van der Waals surface area contributed by atoms with Crippen molar-refractivity contribution < 1.29 is 9.53 Å². The summed E-state index contributed by atoms with van der Waals surface area (Å²) < 4.78 is 5.46. The van der Waals surface area contributed by atoms with Crippen LogP contribution in [-0.4, -0.2) is 23.6 Å². The zero-order chi connectivity index (χ0) is 14.9. The topological polar surface area (TPSA) is 29.5 Å². The van der Waals surface area contributed by atoms with Gasteiger partial charge in [-0.2, -0.15) is 0 Å². The predicted molar refractivity (Wildman–Crippen MR) is 85.0 cm³/mol. The first kappa shape index (κ1) is 15.6. The molecule has 3 nitrogen and oxygen atoms in total. The van der Waals surface area contributed by atoms with E-state index >= 15 is 0 Å². The molecule has 0 unspecified atom stereocenters. The lowest BCUT2D eigenvalue weighted by Gasteiger charge is -2.33. The molecule has 1 aromatic carbocycles. The highest BCUT2D eigenvalue weighted by atomic mass is 16.6. The zero-order valence-corrected chi connectivity index (χ0v) is 12.8. The number of benzene rings is 1. The number of carbonyl (C=O) groups excluding carboxylic acids is 1. The van der Waals surface area contributed by atoms with Crippen molar-refractivity contribution in [3.8, 4) is 0 Å². The van der Waals surface area contributed by atoms with E-state index in [1.807, 2.05) is 35.2 Å². The van der Waals surface area contributed by atoms with Gasteiger partial charge in [0.25, 0.3) is 0 Å². The Labute approximate surface area is 127 Å². The van der Waals surface area contributed by atoms with Crippen molar-refractivity contribution >= 4 is 6.09 Å². The van der Waals surface area contributed by atoms with Gasteiger partial charge in [-0.05, 0) is 31.2 Å². The third-order valence-corrected chi connectivity index (χ3v) is 3.80. The van der Waals surface area contributed by atoms with Crippen molar-refractivity contribution in [2.45, 2.75) is 51.7 Å². The highest BCUT2D eigenvalue weighted by Gasteiger charge is 2.25. The molecule has 0 aromatic heterocycles. The lowest BCUT2D eigenvalue weighted by molar-refractivity contribution is 0.0775. The third kappa shape index (κ3) is 4.92. The molecule has 1 saturated heterocycles. The van der Waals surface area contributed by atoms with Crippen LogP contribution in [0.5, 0.6) is 0 Å². The Hall–Kier alpha value is -1.77. The quantitative estimate of drug-likeness (QED) is 0.744. The average Bonchev–Trinajstić information content (AvgIpc) is 2.54. The van der Waals surface area contributed by atoms with Gasteiger partial charge in [-0.1, -0.05) is 55.8 Å². The van der Waals surface area contributed by atoms with E-state index in [2.05, 4.69) is 19.1 Å². The Morgan fingerprint density at radius 1 is 1.33 bits per heavy atom. The fraction of sp³-hybridized carbons (Fsp3) is 0.500. The van der Waals surface area contributed by atoms with Crippen molar-refractivity contribution in [2.75, 3.05) is 6.54 Å². The zero-order valence-electron chi connectivity index (χ0n) is 12.8. The summed E-state index contributed by atoms with van der Waals surface area (Å²) >= 11 is 0. The van der Waals surface area contributed by atoms with Crippen LogP contribution in [0.4, 0.5) is 4.79 Å². The van der Waals surface area contributed by atoms with Gasteiger partial charge in [-0.25, -0.2) is 4.79 Å². The van der Waals surface area contributed by atoms with Crippen LogP contribution < -0.4 is 0 Å². The molecule has 1 amide bonds. The van der Waals surface area contributed by atoms with Crippen molar-refractivity contribution in [2.24, 2.45) is 0 Å². The van der Waals surface area contributed by atoms with E-state index in [1.165, 1.54) is 6.42 Å². The first-order chi connectivity index (χ1) is 10.3. The van der Waals surface area contributed by atoms with E-state index in [9.17, 15) is 4.79 Å². The van der Waals surface area contributed by atoms with Gasteiger partial charge in [-0.15, -0.1) is 0 Å². The molecule has 2 rings (SSSR count). The monoisotopic (exact) mass is 287 g/mol. The fourth-order valence-electron chi connectivity index (χ4n) is 2.61. The summed E-state index contributed by atoms with van der Waals surface area (Å²) in [5.41, 5.74) is 1.03. The van der Waals surface area contributed by atoms with E-state index in [1.54, 1.807) is 0 Å². The highest BCUT2D eigenvalue weighted by molar-refractivity contribution is 5.68. The lowest BCUT2D eigenvalue weighted by atomic mass is 10.0. The number of piperidine rings is 1. The van der Waals surface area contributed by atoms with Crippen LogP contribution in [0, 0.1) is 0 Å². The SMILES string of the molecule is CCC/C=C/[C@@H]1CCCCN1C(=O)OCc1ccccc1. The maximum atomic E-state index is 12.3. The minimum atomic E-state index is -0.190. The summed E-state index contributed by atoms with van der Waals surface area (Å²) in [5, 5.41) is 0. The molecule has 1 heterocycles. The van der Waals surface area contributed by atoms with Gasteiger partial charge in [-0.3, -0.25) is 0 Å². The van der Waals surface area contributed by atoms with Gasteiger partial charge in [0.05, 0.1) is 6.04 Å². The number of allylic oxidation sites excluding steroid dienone is 1. The molecule has 0 bridgehead atoms. The van der Waals surface area contributed by atoms with Crippen LogP contribution in [0.1, 0.15) is 44.6 Å². The molecule has 1 atom stereocenters. The van der Waals surface area contributed by atoms with Crippen LogP contribution in [0.25, 0.3) is 0 Å². The Kier molecular flexibility index (Phi) is 6.32. The van der Waals surface area contributed by atoms with Gasteiger partial charge < -0.3 is 9.64 Å². The van der Waals surface area contributed by atoms with Crippen molar-refractivity contribution in [3.63, 3.8) is 0 Å². The van der Waals surface area contributed by atoms with Crippen LogP contribution >= 0.6 is 0 Å². The van der Waals surface area contributed by atoms with E-state index in [4.69, 9.17) is 4.74 Å². The Morgan fingerprint density at radius 2 is 2.14 bits per heavy atom. The number of hydrogen-bond donors (Lipinski definition) is 0. The summed E-state index contributed by atoms with van der Waals surface area (Å²) in [7, 11) is 0. The maximum Gasteiger partial charge on any atom is 0.410 e. The summed E-state index contributed by atoms with van der Waals surface area (Å²) in [6.07, 6.45) is 9.68. The first-order valence-electron chi connectivity index (χ1n) is 7.95. The highest BCUT2D eigenvalue weighted by Crippen LogP contribution is 2.19. The molecule has 0 spiro atoms. The molecule has 1 fully saturated rings. The molecule has 0 aliphatic carbocycles. The minimum Gasteiger partial charge on any atom is -0.445 e. The average molecular weight is 287 g/mol. The number of hydrogen-bond acceptors (Lipinski definition) is 2. The molecule has 3 heteroatoms. The summed E-state index contributed by atoms with van der Waals surface area (Å²) in [4.78, 5) is 14.2. The molecule has 0 saturated carbocycles. The lowest BCUT2D eigenvalue weighted by Crippen LogP contribution is -2.42. The normalized spacial score (nSPS) is 18.9. The second kappa shape index (κ2) is 8.50. The third-order valence-electron chi connectivity index (χ3n) is 3.80. The maximum absolute atomic E-state index is 12.3. The standard InChI is InChI=1S/C18H25NO2/c1-2-3-5-12-17-13-8-9-14-19(17)18(20)21-15-16-10-6-4-7-11-16/h4-7,10-12,17H,2-3,8-9,13-15H2,1H3/b12-5+/t17-/m1/s1. The van der Waals surface area contributed by atoms with Crippen LogP contribution in [0.15, 0.2) is 42.5 Å². The molecular weight excluding hydrogens is 262 g/mol. The van der Waals surface area contributed by atoms with Crippen LogP contribution in [0.2, 0.25) is 0 Å². The molecule has 1 aliphatic heterocycles. The second-order valence-corrected chi connectivity index (χ2v) is 5.51. The Balaban J connectivity index is 1.89. The predicted octanol–water partition coefficient (Wildman–Crippen LogP) is 4.53. The first-order valence-corrected chi connectivity index (χ1v) is 7.95. The summed E-state index contributed by atoms with van der Waals surface area (Å²) in [6.45, 7) is 3.31. The van der Waals surface area contributed by atoms with Crippen LogP contribution in [-0.2, 0) is 11.3 Å². The molecule has 1 aliphatic rings. The summed E-state index contributed by atoms with van der Waals surface area (Å²) in [5.74, 6) is 0. The Bertz CT molecular complexity index is 456. The van der Waals surface area contributed by atoms with Gasteiger partial charge >= 0.3 is 6.09 Å². The van der Waals surface area contributed by atoms with Gasteiger partial charge in [0.15, 0.2) is 0 Å². The van der Waals surface area contributed by atoms with E-state index < -0.39 is 0 Å². The smallest absolute Gasteiger partial charge is 0.410 e. The van der Waals surface area contributed by atoms with Gasteiger partial charge in [0.1, 0.15) is 6.61 Å². The summed E-state index contributed by atoms with van der Waals surface area (Å²) in [6, 6.07) is 10.0. The number of ether oxygens (including phenoxy) is 1. The minimum absolute atomic E-state index is 0.190. The number of nitrogens with zero attached hydrogens (tertiary/aromatic N) is 1. The molecule has 0 radical (unpaired) electrons. The fourth-order valence-corrected chi connectivity index (χ4v) is 2.61.